The Morgan fingerprint density at radius 3 is 2.25 bits per heavy atom. The molecule has 5 nitrogen and oxygen atoms in total. The molecule has 0 aliphatic rings. The average Bonchev–Trinajstić information content (AvgIpc) is 2.31. The van der Waals surface area contributed by atoms with Crippen LogP contribution in [0.1, 0.15) is 12.5 Å². The molecule has 1 aromatic rings. The number of thiocarbonyl (C=S) groups is 1. The van der Waals surface area contributed by atoms with E-state index < -0.39 is 0 Å². The van der Waals surface area contributed by atoms with E-state index >= 15 is 0 Å². The van der Waals surface area contributed by atoms with Crippen LogP contribution in [0.15, 0.2) is 24.3 Å². The summed E-state index contributed by atoms with van der Waals surface area (Å²) in [4.78, 5) is 0. The van der Waals surface area contributed by atoms with Crippen LogP contribution in [0, 0.1) is 0 Å². The number of anilines is 1. The maximum atomic E-state index is 7.57. The lowest BCUT2D eigenvalue weighted by Crippen LogP contribution is -2.34. The SMILES string of the molecule is CCO.NCc1ccc(NC(=S)NN)cc1. The Balaban J connectivity index is 0.000000673. The first-order valence-corrected chi connectivity index (χ1v) is 5.26. The number of hydrazine groups is 1. The van der Waals surface area contributed by atoms with Crippen LogP contribution in [-0.4, -0.2) is 16.8 Å². The fourth-order valence-corrected chi connectivity index (χ4v) is 1.01. The van der Waals surface area contributed by atoms with Crippen molar-refractivity contribution >= 4 is 23.0 Å². The van der Waals surface area contributed by atoms with E-state index in [1.54, 1.807) is 6.92 Å². The Hall–Kier alpha value is -1.21. The zero-order valence-corrected chi connectivity index (χ0v) is 10.1. The average molecular weight is 242 g/mol. The predicted octanol–water partition coefficient (Wildman–Crippen LogP) is 0.304. The van der Waals surface area contributed by atoms with Crippen LogP contribution in [0.2, 0.25) is 0 Å². The first kappa shape index (κ1) is 14.8. The van der Waals surface area contributed by atoms with Gasteiger partial charge in [0.1, 0.15) is 0 Å². The maximum Gasteiger partial charge on any atom is 0.185 e. The van der Waals surface area contributed by atoms with Crippen molar-refractivity contribution in [3.05, 3.63) is 29.8 Å². The molecule has 90 valence electrons. The first-order valence-electron chi connectivity index (χ1n) is 4.85. The summed E-state index contributed by atoms with van der Waals surface area (Å²) in [6, 6.07) is 7.65. The van der Waals surface area contributed by atoms with E-state index in [9.17, 15) is 0 Å². The molecule has 0 unspecified atom stereocenters. The van der Waals surface area contributed by atoms with Crippen LogP contribution in [0.3, 0.4) is 0 Å². The molecule has 0 saturated heterocycles. The van der Waals surface area contributed by atoms with Crippen molar-refractivity contribution in [2.75, 3.05) is 11.9 Å². The van der Waals surface area contributed by atoms with Gasteiger partial charge in [0, 0.05) is 18.8 Å². The molecule has 7 N–H and O–H groups in total. The van der Waals surface area contributed by atoms with Gasteiger partial charge in [0.25, 0.3) is 0 Å². The van der Waals surface area contributed by atoms with E-state index in [0.29, 0.717) is 11.7 Å². The maximum absolute atomic E-state index is 7.57. The number of nitrogens with one attached hydrogen (secondary N) is 2. The van der Waals surface area contributed by atoms with Gasteiger partial charge >= 0.3 is 0 Å². The third kappa shape index (κ3) is 6.31. The fraction of sp³-hybridized carbons (Fsp3) is 0.300. The Morgan fingerprint density at radius 2 is 1.88 bits per heavy atom. The van der Waals surface area contributed by atoms with Crippen LogP contribution in [0.25, 0.3) is 0 Å². The van der Waals surface area contributed by atoms with Gasteiger partial charge in [-0.1, -0.05) is 12.1 Å². The highest BCUT2D eigenvalue weighted by Crippen LogP contribution is 2.08. The number of rotatable bonds is 2. The molecule has 0 saturated carbocycles. The summed E-state index contributed by atoms with van der Waals surface area (Å²) in [5, 5.41) is 10.9. The van der Waals surface area contributed by atoms with Crippen molar-refractivity contribution in [3.63, 3.8) is 0 Å². The summed E-state index contributed by atoms with van der Waals surface area (Å²) in [6.07, 6.45) is 0. The van der Waals surface area contributed by atoms with E-state index in [2.05, 4.69) is 10.7 Å². The zero-order valence-electron chi connectivity index (χ0n) is 9.23. The van der Waals surface area contributed by atoms with Crippen LogP contribution in [0.4, 0.5) is 5.69 Å². The number of aliphatic hydroxyl groups excluding tert-OH is 1. The van der Waals surface area contributed by atoms with Gasteiger partial charge in [0.15, 0.2) is 5.11 Å². The van der Waals surface area contributed by atoms with E-state index in [4.69, 9.17) is 28.9 Å². The van der Waals surface area contributed by atoms with Gasteiger partial charge < -0.3 is 21.6 Å². The van der Waals surface area contributed by atoms with Gasteiger partial charge in [0.05, 0.1) is 0 Å². The molecule has 16 heavy (non-hydrogen) atoms. The summed E-state index contributed by atoms with van der Waals surface area (Å²) in [7, 11) is 0. The molecule has 1 rings (SSSR count). The second kappa shape index (κ2) is 9.05. The standard InChI is InChI=1S/C8H12N4S.C2H6O/c9-5-6-1-3-7(4-2-6)11-8(13)12-10;1-2-3/h1-4H,5,9-10H2,(H2,11,12,13);3H,2H2,1H3. The smallest absolute Gasteiger partial charge is 0.185 e. The summed E-state index contributed by atoms with van der Waals surface area (Å²) < 4.78 is 0. The molecular weight excluding hydrogens is 224 g/mol. The topological polar surface area (TPSA) is 96.3 Å². The number of hydrogen-bond acceptors (Lipinski definition) is 4. The molecule has 0 aliphatic carbocycles. The Labute approximate surface area is 101 Å². The zero-order chi connectivity index (χ0) is 12.4. The van der Waals surface area contributed by atoms with E-state index in [-0.39, 0.29) is 6.61 Å². The summed E-state index contributed by atoms with van der Waals surface area (Å²) in [6.45, 7) is 2.47. The van der Waals surface area contributed by atoms with Gasteiger partial charge in [-0.05, 0) is 36.8 Å². The quantitative estimate of drug-likeness (QED) is 0.291. The van der Waals surface area contributed by atoms with Crippen LogP contribution in [-0.2, 0) is 6.54 Å². The summed E-state index contributed by atoms with van der Waals surface area (Å²) in [5.74, 6) is 5.10. The van der Waals surface area contributed by atoms with E-state index in [1.165, 1.54) is 0 Å². The minimum atomic E-state index is 0.250. The second-order valence-electron chi connectivity index (χ2n) is 2.82. The van der Waals surface area contributed by atoms with Crippen molar-refractivity contribution in [3.8, 4) is 0 Å². The molecule has 0 heterocycles. The molecule has 0 spiro atoms. The van der Waals surface area contributed by atoms with E-state index in [1.807, 2.05) is 24.3 Å². The second-order valence-corrected chi connectivity index (χ2v) is 3.22. The molecule has 1 aromatic carbocycles. The van der Waals surface area contributed by atoms with Crippen LogP contribution < -0.4 is 22.3 Å². The number of aliphatic hydroxyl groups is 1. The molecule has 0 radical (unpaired) electrons. The minimum Gasteiger partial charge on any atom is -0.397 e. The third-order valence-corrected chi connectivity index (χ3v) is 1.80. The van der Waals surface area contributed by atoms with Gasteiger partial charge in [0.2, 0.25) is 0 Å². The number of benzene rings is 1. The van der Waals surface area contributed by atoms with Gasteiger partial charge in [-0.3, -0.25) is 0 Å². The van der Waals surface area contributed by atoms with Crippen molar-refractivity contribution in [2.24, 2.45) is 11.6 Å². The third-order valence-electron chi connectivity index (χ3n) is 1.58. The fourth-order valence-electron chi connectivity index (χ4n) is 0.891. The van der Waals surface area contributed by atoms with Gasteiger partial charge in [-0.25, -0.2) is 5.84 Å². The normalized spacial score (nSPS) is 8.75. The Morgan fingerprint density at radius 1 is 1.38 bits per heavy atom. The van der Waals surface area contributed by atoms with Crippen molar-refractivity contribution in [2.45, 2.75) is 13.5 Å². The monoisotopic (exact) mass is 242 g/mol. The number of hydrogen-bond donors (Lipinski definition) is 5. The lowest BCUT2D eigenvalue weighted by atomic mass is 10.2. The molecule has 6 heteroatoms. The van der Waals surface area contributed by atoms with Gasteiger partial charge in [-0.2, -0.15) is 0 Å². The number of nitrogens with two attached hydrogens (primary N) is 2. The van der Waals surface area contributed by atoms with Crippen molar-refractivity contribution < 1.29 is 5.11 Å². The van der Waals surface area contributed by atoms with E-state index in [0.717, 1.165) is 11.3 Å². The lowest BCUT2D eigenvalue weighted by molar-refractivity contribution is 0.318. The minimum absolute atomic E-state index is 0.250. The molecule has 0 aliphatic heterocycles. The Kier molecular flexibility index (Phi) is 8.36. The largest absolute Gasteiger partial charge is 0.397 e. The van der Waals surface area contributed by atoms with Crippen molar-refractivity contribution in [1.29, 1.82) is 0 Å². The highest BCUT2D eigenvalue weighted by Gasteiger charge is 1.94. The molecule has 0 fully saturated rings. The highest BCUT2D eigenvalue weighted by atomic mass is 32.1. The van der Waals surface area contributed by atoms with Crippen LogP contribution >= 0.6 is 12.2 Å². The summed E-state index contributed by atoms with van der Waals surface area (Å²) >= 11 is 4.83. The molecular formula is C10H18N4OS. The highest BCUT2D eigenvalue weighted by molar-refractivity contribution is 7.80. The summed E-state index contributed by atoms with van der Waals surface area (Å²) in [5.41, 5.74) is 9.76. The molecule has 0 bridgehead atoms. The van der Waals surface area contributed by atoms with Gasteiger partial charge in [-0.15, -0.1) is 0 Å². The predicted molar refractivity (Wildman–Crippen MR) is 70.6 cm³/mol. The Bertz CT molecular complexity index is 302. The first-order chi connectivity index (χ1) is 7.67. The molecule has 0 aromatic heterocycles. The lowest BCUT2D eigenvalue weighted by Gasteiger charge is -2.06. The van der Waals surface area contributed by atoms with Crippen molar-refractivity contribution in [1.82, 2.24) is 5.43 Å². The van der Waals surface area contributed by atoms with Crippen LogP contribution in [0.5, 0.6) is 0 Å². The molecule has 0 amide bonds. The molecule has 0 atom stereocenters.